The Balaban J connectivity index is 1.97. The average molecular weight is 229 g/mol. The number of fused-ring (bicyclic) bond motifs is 1. The van der Waals surface area contributed by atoms with E-state index < -0.39 is 0 Å². The number of hydrogen-bond donors (Lipinski definition) is 3. The van der Waals surface area contributed by atoms with Crippen LogP contribution in [0.2, 0.25) is 0 Å². The van der Waals surface area contributed by atoms with Crippen LogP contribution in [0.1, 0.15) is 0 Å². The molecule has 0 fully saturated rings. The predicted molar refractivity (Wildman–Crippen MR) is 70.0 cm³/mol. The normalized spacial score (nSPS) is 10.4. The minimum atomic E-state index is -0.0539. The molecule has 0 unspecified atom stereocenters. The van der Waals surface area contributed by atoms with E-state index in [1.165, 1.54) is 0 Å². The van der Waals surface area contributed by atoms with E-state index in [1.54, 1.807) is 6.08 Å². The Hall–Kier alpha value is -2.07. The van der Waals surface area contributed by atoms with Crippen LogP contribution in [0.3, 0.4) is 0 Å². The maximum Gasteiger partial charge on any atom is 0.238 e. The number of hydrogen-bond acceptors (Lipinski definition) is 2. The number of H-pyrrole nitrogens is 1. The van der Waals surface area contributed by atoms with Gasteiger partial charge in [-0.3, -0.25) is 4.79 Å². The molecule has 1 aromatic heterocycles. The number of carbonyl (C=O) groups excluding carboxylic acids is 1. The van der Waals surface area contributed by atoms with Gasteiger partial charge in [0.05, 0.1) is 6.54 Å². The number of carbonyl (C=O) groups is 1. The lowest BCUT2D eigenvalue weighted by Crippen LogP contribution is -2.28. The molecule has 2 rings (SSSR count). The number of rotatable bonds is 5. The van der Waals surface area contributed by atoms with Crippen molar-refractivity contribution in [1.82, 2.24) is 10.3 Å². The fraction of sp³-hybridized carbons (Fsp3) is 0.154. The van der Waals surface area contributed by atoms with E-state index in [9.17, 15) is 4.79 Å². The molecule has 1 heterocycles. The molecule has 0 atom stereocenters. The second kappa shape index (κ2) is 5.32. The third kappa shape index (κ3) is 2.95. The van der Waals surface area contributed by atoms with E-state index in [4.69, 9.17) is 0 Å². The molecule has 3 N–H and O–H groups in total. The minimum absolute atomic E-state index is 0.0539. The maximum atomic E-state index is 11.5. The van der Waals surface area contributed by atoms with Crippen LogP contribution in [0.15, 0.2) is 43.1 Å². The van der Waals surface area contributed by atoms with Gasteiger partial charge in [0, 0.05) is 29.3 Å². The van der Waals surface area contributed by atoms with E-state index in [1.807, 2.05) is 30.5 Å². The average Bonchev–Trinajstić information content (AvgIpc) is 2.76. The van der Waals surface area contributed by atoms with Crippen molar-refractivity contribution in [3.63, 3.8) is 0 Å². The fourth-order valence-electron chi connectivity index (χ4n) is 1.62. The van der Waals surface area contributed by atoms with Crippen molar-refractivity contribution in [2.75, 3.05) is 18.4 Å². The minimum Gasteiger partial charge on any atom is -0.361 e. The number of anilines is 1. The largest absolute Gasteiger partial charge is 0.361 e. The Bertz CT molecular complexity index is 530. The lowest BCUT2D eigenvalue weighted by molar-refractivity contribution is -0.115. The molecule has 0 saturated carbocycles. The summed E-state index contributed by atoms with van der Waals surface area (Å²) in [6.07, 6.45) is 3.60. The highest BCUT2D eigenvalue weighted by Crippen LogP contribution is 2.17. The topological polar surface area (TPSA) is 56.9 Å². The molecule has 0 aliphatic carbocycles. The summed E-state index contributed by atoms with van der Waals surface area (Å²) in [4.78, 5) is 14.7. The van der Waals surface area contributed by atoms with Crippen LogP contribution in [0, 0.1) is 0 Å². The van der Waals surface area contributed by atoms with Gasteiger partial charge in [-0.15, -0.1) is 6.58 Å². The van der Waals surface area contributed by atoms with Crippen molar-refractivity contribution in [1.29, 1.82) is 0 Å². The van der Waals surface area contributed by atoms with E-state index in [2.05, 4.69) is 22.2 Å². The van der Waals surface area contributed by atoms with Crippen LogP contribution in [0.5, 0.6) is 0 Å². The Kier molecular flexibility index (Phi) is 3.57. The smallest absolute Gasteiger partial charge is 0.238 e. The second-order valence-corrected chi connectivity index (χ2v) is 3.75. The quantitative estimate of drug-likeness (QED) is 0.541. The van der Waals surface area contributed by atoms with Gasteiger partial charge < -0.3 is 15.6 Å². The van der Waals surface area contributed by atoms with E-state index in [0.717, 1.165) is 16.6 Å². The second-order valence-electron chi connectivity index (χ2n) is 3.75. The van der Waals surface area contributed by atoms with Crippen LogP contribution in [-0.2, 0) is 4.79 Å². The number of aromatic nitrogens is 1. The Labute approximate surface area is 99.7 Å². The summed E-state index contributed by atoms with van der Waals surface area (Å²) in [6, 6.07) is 7.74. The summed E-state index contributed by atoms with van der Waals surface area (Å²) in [6.45, 7) is 4.49. The van der Waals surface area contributed by atoms with Crippen LogP contribution in [-0.4, -0.2) is 24.0 Å². The van der Waals surface area contributed by atoms with Crippen LogP contribution >= 0.6 is 0 Å². The molecule has 0 spiro atoms. The van der Waals surface area contributed by atoms with Crippen molar-refractivity contribution in [2.45, 2.75) is 0 Å². The Morgan fingerprint density at radius 3 is 3.12 bits per heavy atom. The van der Waals surface area contributed by atoms with Gasteiger partial charge in [0.15, 0.2) is 0 Å². The SMILES string of the molecule is C=CCNCC(=O)Nc1ccc2[nH]ccc2c1. The molecule has 4 nitrogen and oxygen atoms in total. The standard InChI is InChI=1S/C13H15N3O/c1-2-6-14-9-13(17)16-11-3-4-12-10(8-11)5-7-15-12/h2-5,7-8,14-15H,1,6,9H2,(H,16,17). The van der Waals surface area contributed by atoms with Gasteiger partial charge in [-0.2, -0.15) is 0 Å². The summed E-state index contributed by atoms with van der Waals surface area (Å²) in [5.41, 5.74) is 1.87. The molecule has 17 heavy (non-hydrogen) atoms. The first-order valence-corrected chi connectivity index (χ1v) is 5.48. The molecular weight excluding hydrogens is 214 g/mol. The van der Waals surface area contributed by atoms with Crippen molar-refractivity contribution in [3.05, 3.63) is 43.1 Å². The molecular formula is C13H15N3O. The lowest BCUT2D eigenvalue weighted by atomic mass is 10.2. The first-order valence-electron chi connectivity index (χ1n) is 5.48. The van der Waals surface area contributed by atoms with Gasteiger partial charge in [0.25, 0.3) is 0 Å². The fourth-order valence-corrected chi connectivity index (χ4v) is 1.62. The van der Waals surface area contributed by atoms with Gasteiger partial charge in [-0.05, 0) is 24.3 Å². The first-order chi connectivity index (χ1) is 8.29. The molecule has 2 aromatic rings. The highest BCUT2D eigenvalue weighted by molar-refractivity contribution is 5.94. The van der Waals surface area contributed by atoms with E-state index in [0.29, 0.717) is 6.54 Å². The summed E-state index contributed by atoms with van der Waals surface area (Å²) in [5, 5.41) is 6.87. The summed E-state index contributed by atoms with van der Waals surface area (Å²) in [7, 11) is 0. The number of amides is 1. The molecule has 1 amide bonds. The van der Waals surface area contributed by atoms with Crippen LogP contribution in [0.25, 0.3) is 10.9 Å². The third-order valence-electron chi connectivity index (χ3n) is 2.41. The van der Waals surface area contributed by atoms with Gasteiger partial charge in [-0.1, -0.05) is 6.08 Å². The molecule has 4 heteroatoms. The third-order valence-corrected chi connectivity index (χ3v) is 2.41. The zero-order chi connectivity index (χ0) is 12.1. The van der Waals surface area contributed by atoms with Crippen molar-refractivity contribution in [3.8, 4) is 0 Å². The van der Waals surface area contributed by atoms with Gasteiger partial charge >= 0.3 is 0 Å². The van der Waals surface area contributed by atoms with Crippen LogP contribution < -0.4 is 10.6 Å². The number of nitrogens with one attached hydrogen (secondary N) is 3. The predicted octanol–water partition coefficient (Wildman–Crippen LogP) is 1.88. The Morgan fingerprint density at radius 1 is 1.41 bits per heavy atom. The number of aromatic amines is 1. The van der Waals surface area contributed by atoms with Crippen LogP contribution in [0.4, 0.5) is 5.69 Å². The molecule has 0 saturated heterocycles. The summed E-state index contributed by atoms with van der Waals surface area (Å²) in [5.74, 6) is -0.0539. The maximum absolute atomic E-state index is 11.5. The summed E-state index contributed by atoms with van der Waals surface area (Å²) >= 11 is 0. The molecule has 1 aromatic carbocycles. The molecule has 0 aliphatic rings. The Morgan fingerprint density at radius 2 is 2.29 bits per heavy atom. The lowest BCUT2D eigenvalue weighted by Gasteiger charge is -2.05. The van der Waals surface area contributed by atoms with Gasteiger partial charge in [0.2, 0.25) is 5.91 Å². The van der Waals surface area contributed by atoms with Gasteiger partial charge in [-0.25, -0.2) is 0 Å². The highest BCUT2D eigenvalue weighted by atomic mass is 16.1. The van der Waals surface area contributed by atoms with Crippen molar-refractivity contribution in [2.24, 2.45) is 0 Å². The zero-order valence-corrected chi connectivity index (χ0v) is 9.49. The van der Waals surface area contributed by atoms with Crippen molar-refractivity contribution >= 4 is 22.5 Å². The molecule has 0 aliphatic heterocycles. The summed E-state index contributed by atoms with van der Waals surface area (Å²) < 4.78 is 0. The van der Waals surface area contributed by atoms with E-state index >= 15 is 0 Å². The highest BCUT2D eigenvalue weighted by Gasteiger charge is 2.02. The molecule has 0 bridgehead atoms. The first kappa shape index (κ1) is 11.4. The van der Waals surface area contributed by atoms with Crippen molar-refractivity contribution < 1.29 is 4.79 Å². The van der Waals surface area contributed by atoms with Gasteiger partial charge in [0.1, 0.15) is 0 Å². The molecule has 0 radical (unpaired) electrons. The number of benzene rings is 1. The van der Waals surface area contributed by atoms with E-state index in [-0.39, 0.29) is 12.5 Å². The molecule has 88 valence electrons. The zero-order valence-electron chi connectivity index (χ0n) is 9.49. The monoisotopic (exact) mass is 229 g/mol.